The first kappa shape index (κ1) is 14.4. The smallest absolute Gasteiger partial charge is 0.326 e. The van der Waals surface area contributed by atoms with E-state index in [1.165, 1.54) is 0 Å². The summed E-state index contributed by atoms with van der Waals surface area (Å²) in [5.41, 5.74) is 0. The number of rotatable bonds is 6. The highest BCUT2D eigenvalue weighted by Crippen LogP contribution is 2.15. The average Bonchev–Trinajstić information content (AvgIpc) is 2.69. The van der Waals surface area contributed by atoms with E-state index in [-0.39, 0.29) is 30.7 Å². The summed E-state index contributed by atoms with van der Waals surface area (Å²) in [5.74, 6) is -2.86. The van der Waals surface area contributed by atoms with Crippen LogP contribution >= 0.6 is 0 Å². The van der Waals surface area contributed by atoms with Crippen LogP contribution in [0.1, 0.15) is 26.2 Å². The van der Waals surface area contributed by atoms with E-state index < -0.39 is 18.0 Å². The monoisotopic (exact) mass is 258 g/mol. The van der Waals surface area contributed by atoms with E-state index in [1.54, 1.807) is 0 Å². The number of nitrogens with one attached hydrogen (secondary N) is 2. The second-order valence-electron chi connectivity index (χ2n) is 4.47. The molecule has 18 heavy (non-hydrogen) atoms. The molecule has 0 bridgehead atoms. The molecular weight excluding hydrogens is 240 g/mol. The van der Waals surface area contributed by atoms with Gasteiger partial charge in [0, 0.05) is 12.5 Å². The maximum absolute atomic E-state index is 11.9. The summed E-state index contributed by atoms with van der Waals surface area (Å²) >= 11 is 0. The second-order valence-corrected chi connectivity index (χ2v) is 4.47. The SMILES string of the molecule is CC1NCCC1C(=O)N[C@@H](CCC(=O)O)C(=O)O. The molecule has 1 saturated heterocycles. The lowest BCUT2D eigenvalue weighted by atomic mass is 10.0. The molecule has 1 rings (SSSR count). The molecule has 7 nitrogen and oxygen atoms in total. The zero-order chi connectivity index (χ0) is 13.7. The zero-order valence-corrected chi connectivity index (χ0v) is 10.2. The van der Waals surface area contributed by atoms with Crippen molar-refractivity contribution >= 4 is 17.8 Å². The van der Waals surface area contributed by atoms with Crippen molar-refractivity contribution in [1.82, 2.24) is 10.6 Å². The number of carbonyl (C=O) groups excluding carboxylic acids is 1. The van der Waals surface area contributed by atoms with Gasteiger partial charge in [0.05, 0.1) is 5.92 Å². The van der Waals surface area contributed by atoms with Crippen LogP contribution in [0.15, 0.2) is 0 Å². The summed E-state index contributed by atoms with van der Waals surface area (Å²) in [6.45, 7) is 2.59. The number of aliphatic carboxylic acids is 2. The molecule has 0 saturated carbocycles. The number of carboxylic acids is 2. The van der Waals surface area contributed by atoms with Crippen molar-refractivity contribution in [3.05, 3.63) is 0 Å². The minimum Gasteiger partial charge on any atom is -0.481 e. The molecule has 1 amide bonds. The Morgan fingerprint density at radius 3 is 2.50 bits per heavy atom. The molecule has 3 atom stereocenters. The maximum atomic E-state index is 11.9. The van der Waals surface area contributed by atoms with Crippen molar-refractivity contribution in [3.63, 3.8) is 0 Å². The highest BCUT2D eigenvalue weighted by Gasteiger charge is 2.32. The summed E-state index contributed by atoms with van der Waals surface area (Å²) in [5, 5.41) is 22.9. The van der Waals surface area contributed by atoms with Crippen molar-refractivity contribution in [2.75, 3.05) is 6.54 Å². The van der Waals surface area contributed by atoms with Gasteiger partial charge in [-0.2, -0.15) is 0 Å². The van der Waals surface area contributed by atoms with Crippen LogP contribution in [0.5, 0.6) is 0 Å². The van der Waals surface area contributed by atoms with E-state index in [2.05, 4.69) is 10.6 Å². The lowest BCUT2D eigenvalue weighted by Gasteiger charge is -2.19. The van der Waals surface area contributed by atoms with Crippen molar-refractivity contribution in [1.29, 1.82) is 0 Å². The largest absolute Gasteiger partial charge is 0.481 e. The molecule has 0 radical (unpaired) electrons. The fraction of sp³-hybridized carbons (Fsp3) is 0.727. The van der Waals surface area contributed by atoms with E-state index in [0.29, 0.717) is 6.42 Å². The molecule has 102 valence electrons. The van der Waals surface area contributed by atoms with Crippen LogP contribution in [-0.2, 0) is 14.4 Å². The van der Waals surface area contributed by atoms with Gasteiger partial charge < -0.3 is 20.8 Å². The normalized spacial score (nSPS) is 24.5. The summed E-state index contributed by atoms with van der Waals surface area (Å²) < 4.78 is 0. The number of carboxylic acid groups (broad SMARTS) is 2. The summed E-state index contributed by atoms with van der Waals surface area (Å²) in [7, 11) is 0. The molecule has 0 aromatic carbocycles. The Morgan fingerprint density at radius 1 is 1.39 bits per heavy atom. The van der Waals surface area contributed by atoms with Crippen LogP contribution in [-0.4, -0.2) is 46.7 Å². The van der Waals surface area contributed by atoms with Gasteiger partial charge in [0.1, 0.15) is 6.04 Å². The van der Waals surface area contributed by atoms with Gasteiger partial charge in [-0.25, -0.2) is 4.79 Å². The van der Waals surface area contributed by atoms with Crippen molar-refractivity contribution in [3.8, 4) is 0 Å². The average molecular weight is 258 g/mol. The quantitative estimate of drug-likeness (QED) is 0.506. The van der Waals surface area contributed by atoms with Gasteiger partial charge >= 0.3 is 11.9 Å². The third-order valence-corrected chi connectivity index (χ3v) is 3.12. The Kier molecular flexibility index (Phi) is 5.08. The molecule has 1 aliphatic rings. The highest BCUT2D eigenvalue weighted by molar-refractivity contribution is 5.85. The predicted molar refractivity (Wildman–Crippen MR) is 62.0 cm³/mol. The van der Waals surface area contributed by atoms with E-state index in [0.717, 1.165) is 6.54 Å². The standard InChI is InChI=1S/C11H18N2O5/c1-6-7(4-5-12-6)10(16)13-8(11(17)18)2-3-9(14)15/h6-8,12H,2-5H2,1H3,(H,13,16)(H,14,15)(H,17,18)/t6?,7?,8-/m0/s1. The van der Waals surface area contributed by atoms with Crippen LogP contribution in [0.4, 0.5) is 0 Å². The van der Waals surface area contributed by atoms with Gasteiger partial charge in [-0.05, 0) is 26.3 Å². The van der Waals surface area contributed by atoms with Gasteiger partial charge in [-0.3, -0.25) is 9.59 Å². The van der Waals surface area contributed by atoms with Crippen LogP contribution in [0.2, 0.25) is 0 Å². The summed E-state index contributed by atoms with van der Waals surface area (Å²) in [4.78, 5) is 33.2. The number of carbonyl (C=O) groups is 3. The fourth-order valence-corrected chi connectivity index (χ4v) is 2.02. The molecule has 4 N–H and O–H groups in total. The maximum Gasteiger partial charge on any atom is 0.326 e. The van der Waals surface area contributed by atoms with Gasteiger partial charge in [-0.15, -0.1) is 0 Å². The highest BCUT2D eigenvalue weighted by atomic mass is 16.4. The Hall–Kier alpha value is -1.63. The third-order valence-electron chi connectivity index (χ3n) is 3.12. The Labute approximate surface area is 105 Å². The molecule has 2 unspecified atom stereocenters. The molecule has 1 heterocycles. The molecule has 0 spiro atoms. The van der Waals surface area contributed by atoms with Crippen molar-refractivity contribution in [2.45, 2.75) is 38.3 Å². The summed E-state index contributed by atoms with van der Waals surface area (Å²) in [6.07, 6.45) is 0.277. The van der Waals surface area contributed by atoms with Crippen LogP contribution in [0.3, 0.4) is 0 Å². The Balaban J connectivity index is 2.52. The number of hydrogen-bond donors (Lipinski definition) is 4. The molecular formula is C11H18N2O5. The van der Waals surface area contributed by atoms with E-state index >= 15 is 0 Å². The van der Waals surface area contributed by atoms with Gasteiger partial charge in [0.25, 0.3) is 0 Å². The lowest BCUT2D eigenvalue weighted by molar-refractivity contribution is -0.143. The van der Waals surface area contributed by atoms with Crippen molar-refractivity contribution < 1.29 is 24.6 Å². The minimum absolute atomic E-state index is 0.0129. The Bertz CT molecular complexity index is 344. The van der Waals surface area contributed by atoms with Crippen LogP contribution < -0.4 is 10.6 Å². The number of hydrogen-bond acceptors (Lipinski definition) is 4. The third kappa shape index (κ3) is 3.99. The predicted octanol–water partition coefficient (Wildman–Crippen LogP) is -0.581. The molecule has 1 fully saturated rings. The van der Waals surface area contributed by atoms with Gasteiger partial charge in [0.15, 0.2) is 0 Å². The van der Waals surface area contributed by atoms with Crippen LogP contribution in [0.25, 0.3) is 0 Å². The minimum atomic E-state index is -1.21. The number of amides is 1. The topological polar surface area (TPSA) is 116 Å². The second kappa shape index (κ2) is 6.34. The van der Waals surface area contributed by atoms with E-state index in [4.69, 9.17) is 10.2 Å². The van der Waals surface area contributed by atoms with E-state index in [9.17, 15) is 14.4 Å². The first-order valence-electron chi connectivity index (χ1n) is 5.90. The molecule has 7 heteroatoms. The van der Waals surface area contributed by atoms with Crippen LogP contribution in [0, 0.1) is 5.92 Å². The molecule has 1 aliphatic heterocycles. The molecule has 0 aromatic rings. The molecule has 0 aromatic heterocycles. The van der Waals surface area contributed by atoms with Crippen molar-refractivity contribution in [2.24, 2.45) is 5.92 Å². The van der Waals surface area contributed by atoms with Gasteiger partial charge in [-0.1, -0.05) is 0 Å². The van der Waals surface area contributed by atoms with Gasteiger partial charge in [0.2, 0.25) is 5.91 Å². The first-order chi connectivity index (χ1) is 8.41. The fourth-order valence-electron chi connectivity index (χ4n) is 2.02. The summed E-state index contributed by atoms with van der Waals surface area (Å²) in [6, 6.07) is -1.12. The Morgan fingerprint density at radius 2 is 2.06 bits per heavy atom. The molecule has 0 aliphatic carbocycles. The first-order valence-corrected chi connectivity index (χ1v) is 5.90. The lowest BCUT2D eigenvalue weighted by Crippen LogP contribution is -2.46. The van der Waals surface area contributed by atoms with E-state index in [1.807, 2.05) is 6.92 Å². The zero-order valence-electron chi connectivity index (χ0n) is 10.2.